The zero-order chi connectivity index (χ0) is 17.9. The van der Waals surface area contributed by atoms with E-state index >= 15 is 0 Å². The molecule has 2 amide bonds. The van der Waals surface area contributed by atoms with Crippen molar-refractivity contribution in [3.8, 4) is 0 Å². The van der Waals surface area contributed by atoms with Crippen molar-refractivity contribution in [1.82, 2.24) is 19.4 Å². The molecule has 0 aliphatic carbocycles. The van der Waals surface area contributed by atoms with E-state index in [-0.39, 0.29) is 17.2 Å². The van der Waals surface area contributed by atoms with Gasteiger partial charge in [0.1, 0.15) is 12.4 Å². The molecule has 0 N–H and O–H groups in total. The van der Waals surface area contributed by atoms with Gasteiger partial charge in [-0.15, -0.1) is 0 Å². The Morgan fingerprint density at radius 1 is 1.36 bits per heavy atom. The molecule has 1 atom stereocenters. The SMILES string of the molecule is COCCN1C[C@]2(CCCN(C(=O)Cn3ccnc3C)C2)CCC1=O. The number of amides is 2. The van der Waals surface area contributed by atoms with Crippen LogP contribution in [-0.4, -0.2) is 71.1 Å². The van der Waals surface area contributed by atoms with Crippen LogP contribution in [0.15, 0.2) is 12.4 Å². The molecule has 1 aromatic heterocycles. The van der Waals surface area contributed by atoms with Crippen LogP contribution < -0.4 is 0 Å². The lowest BCUT2D eigenvalue weighted by molar-refractivity contribution is -0.143. The largest absolute Gasteiger partial charge is 0.383 e. The number of piperidine rings is 2. The highest BCUT2D eigenvalue weighted by Crippen LogP contribution is 2.38. The topological polar surface area (TPSA) is 67.7 Å². The van der Waals surface area contributed by atoms with E-state index < -0.39 is 0 Å². The predicted octanol–water partition coefficient (Wildman–Crippen LogP) is 1.07. The quantitative estimate of drug-likeness (QED) is 0.798. The first-order valence-electron chi connectivity index (χ1n) is 9.05. The number of likely N-dealkylation sites (tertiary alicyclic amines) is 2. The number of aromatic nitrogens is 2. The Balaban J connectivity index is 1.64. The fraction of sp³-hybridized carbons (Fsp3) is 0.722. The number of hydrogen-bond acceptors (Lipinski definition) is 4. The Labute approximate surface area is 148 Å². The van der Waals surface area contributed by atoms with Gasteiger partial charge in [-0.25, -0.2) is 4.98 Å². The van der Waals surface area contributed by atoms with Crippen molar-refractivity contribution in [1.29, 1.82) is 0 Å². The lowest BCUT2D eigenvalue weighted by Crippen LogP contribution is -2.55. The van der Waals surface area contributed by atoms with Crippen molar-refractivity contribution in [2.75, 3.05) is 39.9 Å². The summed E-state index contributed by atoms with van der Waals surface area (Å²) in [6.45, 7) is 5.74. The van der Waals surface area contributed by atoms with Crippen molar-refractivity contribution in [2.24, 2.45) is 5.41 Å². The maximum atomic E-state index is 12.7. The lowest BCUT2D eigenvalue weighted by atomic mass is 9.73. The van der Waals surface area contributed by atoms with Gasteiger partial charge in [0, 0.05) is 57.5 Å². The number of ether oxygens (including phenoxy) is 1. The van der Waals surface area contributed by atoms with Crippen molar-refractivity contribution >= 4 is 11.8 Å². The summed E-state index contributed by atoms with van der Waals surface area (Å²) in [7, 11) is 1.66. The molecule has 0 radical (unpaired) electrons. The molecule has 3 rings (SSSR count). The molecule has 7 heteroatoms. The fourth-order valence-electron chi connectivity index (χ4n) is 4.08. The van der Waals surface area contributed by atoms with E-state index in [9.17, 15) is 9.59 Å². The van der Waals surface area contributed by atoms with E-state index in [4.69, 9.17) is 4.74 Å². The monoisotopic (exact) mass is 348 g/mol. The summed E-state index contributed by atoms with van der Waals surface area (Å²) in [5, 5.41) is 0. The molecule has 2 aliphatic rings. The first kappa shape index (κ1) is 17.9. The Bertz CT molecular complexity index is 630. The first-order chi connectivity index (χ1) is 12.0. The van der Waals surface area contributed by atoms with Crippen LogP contribution in [0.5, 0.6) is 0 Å². The highest BCUT2D eigenvalue weighted by molar-refractivity contribution is 5.78. The summed E-state index contributed by atoms with van der Waals surface area (Å²) < 4.78 is 7.02. The standard InChI is InChI=1S/C18H28N4O3/c1-15-19-7-9-20(15)12-17(24)21-8-3-5-18(13-21)6-4-16(23)22(14-18)10-11-25-2/h7,9H,3-6,8,10-14H2,1-2H3/t18-/m1/s1. The van der Waals surface area contributed by atoms with Gasteiger partial charge >= 0.3 is 0 Å². The minimum Gasteiger partial charge on any atom is -0.383 e. The Morgan fingerprint density at radius 3 is 2.92 bits per heavy atom. The molecule has 1 aromatic rings. The number of aryl methyl sites for hydroxylation is 1. The lowest BCUT2D eigenvalue weighted by Gasteiger charge is -2.48. The summed E-state index contributed by atoms with van der Waals surface area (Å²) in [4.78, 5) is 33.0. The highest BCUT2D eigenvalue weighted by Gasteiger charge is 2.42. The second-order valence-corrected chi connectivity index (χ2v) is 7.33. The molecular formula is C18H28N4O3. The predicted molar refractivity (Wildman–Crippen MR) is 92.9 cm³/mol. The molecular weight excluding hydrogens is 320 g/mol. The van der Waals surface area contributed by atoms with Crippen molar-refractivity contribution < 1.29 is 14.3 Å². The minimum atomic E-state index is 0.0412. The van der Waals surface area contributed by atoms with Crippen LogP contribution in [0.4, 0.5) is 0 Å². The van der Waals surface area contributed by atoms with Crippen molar-refractivity contribution in [3.05, 3.63) is 18.2 Å². The molecule has 0 aromatic carbocycles. The van der Waals surface area contributed by atoms with Crippen molar-refractivity contribution in [3.63, 3.8) is 0 Å². The average Bonchev–Trinajstić information content (AvgIpc) is 3.01. The summed E-state index contributed by atoms with van der Waals surface area (Å²) in [5.74, 6) is 1.20. The smallest absolute Gasteiger partial charge is 0.242 e. The van der Waals surface area contributed by atoms with Crippen LogP contribution >= 0.6 is 0 Å². The summed E-state index contributed by atoms with van der Waals surface area (Å²) >= 11 is 0. The number of hydrogen-bond donors (Lipinski definition) is 0. The Morgan fingerprint density at radius 2 is 2.20 bits per heavy atom. The third-order valence-electron chi connectivity index (χ3n) is 5.56. The van der Waals surface area contributed by atoms with Crippen molar-refractivity contribution in [2.45, 2.75) is 39.2 Å². The van der Waals surface area contributed by atoms with Crippen LogP contribution in [-0.2, 0) is 20.9 Å². The van der Waals surface area contributed by atoms with Gasteiger partial charge in [0.15, 0.2) is 0 Å². The van der Waals surface area contributed by atoms with Crippen LogP contribution in [0.25, 0.3) is 0 Å². The normalized spacial score (nSPS) is 24.2. The van der Waals surface area contributed by atoms with Crippen LogP contribution in [0, 0.1) is 12.3 Å². The van der Waals surface area contributed by atoms with Gasteiger partial charge in [-0.05, 0) is 26.2 Å². The molecule has 3 heterocycles. The van der Waals surface area contributed by atoms with Gasteiger partial charge in [0.25, 0.3) is 0 Å². The van der Waals surface area contributed by atoms with Crippen LogP contribution in [0.2, 0.25) is 0 Å². The molecule has 2 fully saturated rings. The minimum absolute atomic E-state index is 0.0412. The highest BCUT2D eigenvalue weighted by atomic mass is 16.5. The Hall–Kier alpha value is -1.89. The van der Waals surface area contributed by atoms with Gasteiger partial charge in [-0.3, -0.25) is 9.59 Å². The molecule has 0 bridgehead atoms. The van der Waals surface area contributed by atoms with Crippen LogP contribution in [0.3, 0.4) is 0 Å². The molecule has 2 saturated heterocycles. The van der Waals surface area contributed by atoms with Gasteiger partial charge in [-0.1, -0.05) is 0 Å². The second kappa shape index (κ2) is 7.56. The van der Waals surface area contributed by atoms with Gasteiger partial charge in [0.05, 0.1) is 6.61 Å². The molecule has 25 heavy (non-hydrogen) atoms. The maximum Gasteiger partial charge on any atom is 0.242 e. The van der Waals surface area contributed by atoms with Gasteiger partial charge in [0.2, 0.25) is 11.8 Å². The molecule has 138 valence electrons. The number of methoxy groups -OCH3 is 1. The summed E-state index contributed by atoms with van der Waals surface area (Å²) in [5.41, 5.74) is 0.0412. The zero-order valence-electron chi connectivity index (χ0n) is 15.2. The Kier molecular flexibility index (Phi) is 5.42. The van der Waals surface area contributed by atoms with E-state index in [1.807, 2.05) is 27.5 Å². The third-order valence-corrected chi connectivity index (χ3v) is 5.56. The number of imidazole rings is 1. The molecule has 0 unspecified atom stereocenters. The van der Waals surface area contributed by atoms with E-state index in [2.05, 4.69) is 4.98 Å². The maximum absolute atomic E-state index is 12.7. The number of nitrogens with zero attached hydrogens (tertiary/aromatic N) is 4. The van der Waals surface area contributed by atoms with E-state index in [1.165, 1.54) is 0 Å². The average molecular weight is 348 g/mol. The number of carbonyl (C=O) groups excluding carboxylic acids is 2. The summed E-state index contributed by atoms with van der Waals surface area (Å²) in [6, 6.07) is 0. The van der Waals surface area contributed by atoms with Crippen LogP contribution in [0.1, 0.15) is 31.5 Å². The number of rotatable bonds is 5. The van der Waals surface area contributed by atoms with E-state index in [0.29, 0.717) is 26.1 Å². The molecule has 0 saturated carbocycles. The number of carbonyl (C=O) groups is 2. The van der Waals surface area contributed by atoms with E-state index in [0.717, 1.165) is 44.7 Å². The molecule has 2 aliphatic heterocycles. The second-order valence-electron chi connectivity index (χ2n) is 7.33. The van der Waals surface area contributed by atoms with Gasteiger partial charge < -0.3 is 19.1 Å². The first-order valence-corrected chi connectivity index (χ1v) is 9.05. The van der Waals surface area contributed by atoms with Gasteiger partial charge in [-0.2, -0.15) is 0 Å². The zero-order valence-corrected chi connectivity index (χ0v) is 15.2. The summed E-state index contributed by atoms with van der Waals surface area (Å²) in [6.07, 6.45) is 7.10. The molecule has 7 nitrogen and oxygen atoms in total. The molecule has 1 spiro atoms. The third kappa shape index (κ3) is 4.03. The fourth-order valence-corrected chi connectivity index (χ4v) is 4.08. The van der Waals surface area contributed by atoms with E-state index in [1.54, 1.807) is 13.3 Å².